The van der Waals surface area contributed by atoms with Crippen molar-refractivity contribution in [1.29, 1.82) is 0 Å². The predicted molar refractivity (Wildman–Crippen MR) is 48.2 cm³/mol. The summed E-state index contributed by atoms with van der Waals surface area (Å²) in [6.07, 6.45) is -3.00. The molecular weight excluding hydrogens is 208 g/mol. The molecule has 0 aliphatic carbocycles. The van der Waals surface area contributed by atoms with E-state index in [0.29, 0.717) is 0 Å². The number of primary amides is 2. The molecule has 0 saturated carbocycles. The number of aliphatic hydroxyl groups is 2. The highest BCUT2D eigenvalue weighted by atomic mass is 16.4. The van der Waals surface area contributed by atoms with E-state index in [-0.39, 0.29) is 0 Å². The minimum atomic E-state index is -1.92. The molecule has 8 nitrogen and oxygen atoms in total. The number of carboxylic acid groups (broad SMARTS) is 1. The van der Waals surface area contributed by atoms with Crippen LogP contribution < -0.4 is 11.5 Å². The molecule has 8 heteroatoms. The van der Waals surface area contributed by atoms with Crippen molar-refractivity contribution in [3.05, 3.63) is 12.7 Å². The van der Waals surface area contributed by atoms with E-state index in [1.807, 2.05) is 0 Å². The molecule has 86 valence electrons. The molecule has 0 saturated heterocycles. The summed E-state index contributed by atoms with van der Waals surface area (Å²) in [5.41, 5.74) is 9.04. The Morgan fingerprint density at radius 2 is 1.27 bits per heavy atom. The number of hydrogen-bond acceptors (Lipinski definition) is 5. The van der Waals surface area contributed by atoms with Gasteiger partial charge in [-0.1, -0.05) is 6.58 Å². The lowest BCUT2D eigenvalue weighted by Gasteiger charge is -2.09. The highest BCUT2D eigenvalue weighted by Crippen LogP contribution is 1.89. The number of nitrogens with two attached hydrogens (primary N) is 2. The van der Waals surface area contributed by atoms with Crippen molar-refractivity contribution in [2.24, 2.45) is 11.5 Å². The predicted octanol–water partition coefficient (Wildman–Crippen LogP) is -3.06. The van der Waals surface area contributed by atoms with Gasteiger partial charge in [-0.2, -0.15) is 0 Å². The first-order chi connectivity index (χ1) is 6.73. The van der Waals surface area contributed by atoms with Crippen molar-refractivity contribution < 1.29 is 29.7 Å². The van der Waals surface area contributed by atoms with Crippen LogP contribution in [-0.4, -0.2) is 45.3 Å². The van der Waals surface area contributed by atoms with Gasteiger partial charge in [-0.05, 0) is 0 Å². The van der Waals surface area contributed by atoms with E-state index in [2.05, 4.69) is 18.0 Å². The third-order valence-corrected chi connectivity index (χ3v) is 1.06. The first-order valence-corrected chi connectivity index (χ1v) is 3.54. The maximum atomic E-state index is 10.0. The number of carboxylic acids is 1. The molecule has 0 aromatic carbocycles. The SMILES string of the molecule is C=CC(=O)O.NC(=O)C(O)C(O)C(N)=O. The minimum Gasteiger partial charge on any atom is -0.478 e. The van der Waals surface area contributed by atoms with E-state index in [1.54, 1.807) is 0 Å². The average Bonchev–Trinajstić information content (AvgIpc) is 2.16. The van der Waals surface area contributed by atoms with Gasteiger partial charge < -0.3 is 26.8 Å². The van der Waals surface area contributed by atoms with E-state index in [4.69, 9.17) is 15.3 Å². The number of aliphatic hydroxyl groups excluding tert-OH is 2. The average molecular weight is 220 g/mol. The van der Waals surface area contributed by atoms with Gasteiger partial charge in [0.15, 0.2) is 12.2 Å². The maximum Gasteiger partial charge on any atom is 0.327 e. The molecule has 0 radical (unpaired) electrons. The monoisotopic (exact) mass is 220 g/mol. The fraction of sp³-hybridized carbons (Fsp3) is 0.286. The molecule has 7 N–H and O–H groups in total. The fourth-order valence-electron chi connectivity index (χ4n) is 0.311. The van der Waals surface area contributed by atoms with Gasteiger partial charge in [0.2, 0.25) is 11.8 Å². The standard InChI is InChI=1S/C4H8N2O4.C3H4O2/c5-3(9)1(7)2(8)4(6)10;1-2-3(4)5/h1-2,7-8H,(H2,5,9)(H2,6,10);2H,1H2,(H,4,5). The second-order valence-electron chi connectivity index (χ2n) is 2.24. The van der Waals surface area contributed by atoms with Crippen molar-refractivity contribution in [2.45, 2.75) is 12.2 Å². The minimum absolute atomic E-state index is 0.833. The van der Waals surface area contributed by atoms with Crippen molar-refractivity contribution in [3.63, 3.8) is 0 Å². The lowest BCUT2D eigenvalue weighted by atomic mass is 10.2. The van der Waals surface area contributed by atoms with Crippen LogP contribution in [0.4, 0.5) is 0 Å². The van der Waals surface area contributed by atoms with Crippen molar-refractivity contribution in [2.75, 3.05) is 0 Å². The zero-order valence-corrected chi connectivity index (χ0v) is 7.66. The number of aliphatic carboxylic acids is 1. The molecule has 0 aliphatic heterocycles. The molecule has 15 heavy (non-hydrogen) atoms. The molecule has 0 aliphatic rings. The van der Waals surface area contributed by atoms with E-state index in [1.165, 1.54) is 0 Å². The topological polar surface area (TPSA) is 164 Å². The first-order valence-electron chi connectivity index (χ1n) is 3.54. The molecular formula is C7H12N2O6. The molecule has 0 rings (SSSR count). The van der Waals surface area contributed by atoms with Gasteiger partial charge in [-0.15, -0.1) is 0 Å². The number of carbonyl (C=O) groups excluding carboxylic acids is 2. The van der Waals surface area contributed by atoms with Gasteiger partial charge in [0, 0.05) is 6.08 Å². The van der Waals surface area contributed by atoms with Crippen LogP contribution in [0.15, 0.2) is 12.7 Å². The third-order valence-electron chi connectivity index (χ3n) is 1.06. The normalized spacial score (nSPS) is 12.7. The quantitative estimate of drug-likeness (QED) is 0.315. The van der Waals surface area contributed by atoms with E-state index < -0.39 is 30.0 Å². The molecule has 0 bridgehead atoms. The molecule has 0 aromatic rings. The summed E-state index contributed by atoms with van der Waals surface area (Å²) in [5.74, 6) is -3.36. The third kappa shape index (κ3) is 8.40. The summed E-state index contributed by atoms with van der Waals surface area (Å²) >= 11 is 0. The molecule has 2 unspecified atom stereocenters. The summed E-state index contributed by atoms with van der Waals surface area (Å²) in [7, 11) is 0. The highest BCUT2D eigenvalue weighted by Gasteiger charge is 2.25. The van der Waals surface area contributed by atoms with Crippen LogP contribution in [0.25, 0.3) is 0 Å². The van der Waals surface area contributed by atoms with Crippen molar-refractivity contribution in [3.8, 4) is 0 Å². The van der Waals surface area contributed by atoms with Gasteiger partial charge in [0.1, 0.15) is 0 Å². The van der Waals surface area contributed by atoms with Crippen LogP contribution in [0.5, 0.6) is 0 Å². The summed E-state index contributed by atoms with van der Waals surface area (Å²) in [4.78, 5) is 29.3. The Kier molecular flexibility index (Phi) is 7.74. The largest absolute Gasteiger partial charge is 0.478 e. The van der Waals surface area contributed by atoms with Crippen LogP contribution in [0.2, 0.25) is 0 Å². The summed E-state index contributed by atoms with van der Waals surface area (Å²) < 4.78 is 0. The number of amides is 2. The lowest BCUT2D eigenvalue weighted by Crippen LogP contribution is -2.46. The molecule has 0 aromatic heterocycles. The highest BCUT2D eigenvalue weighted by molar-refractivity contribution is 5.88. The molecule has 0 fully saturated rings. The van der Waals surface area contributed by atoms with Gasteiger partial charge in [-0.3, -0.25) is 9.59 Å². The maximum absolute atomic E-state index is 10.0. The smallest absolute Gasteiger partial charge is 0.327 e. The van der Waals surface area contributed by atoms with Crippen LogP contribution in [-0.2, 0) is 14.4 Å². The molecule has 0 heterocycles. The van der Waals surface area contributed by atoms with Crippen LogP contribution in [0.3, 0.4) is 0 Å². The van der Waals surface area contributed by atoms with Gasteiger partial charge in [0.25, 0.3) is 0 Å². The fourth-order valence-corrected chi connectivity index (χ4v) is 0.311. The Hall–Kier alpha value is -1.93. The van der Waals surface area contributed by atoms with Crippen molar-refractivity contribution >= 4 is 17.8 Å². The summed E-state index contributed by atoms with van der Waals surface area (Å²) in [6.45, 7) is 2.96. The number of rotatable bonds is 4. The van der Waals surface area contributed by atoms with Crippen LogP contribution in [0, 0.1) is 0 Å². The first kappa shape index (κ1) is 15.5. The van der Waals surface area contributed by atoms with Crippen LogP contribution in [0.1, 0.15) is 0 Å². The molecule has 0 spiro atoms. The lowest BCUT2D eigenvalue weighted by molar-refractivity contribution is -0.142. The Morgan fingerprint density at radius 3 is 1.33 bits per heavy atom. The van der Waals surface area contributed by atoms with Gasteiger partial charge >= 0.3 is 5.97 Å². The second kappa shape index (κ2) is 7.47. The summed E-state index contributed by atoms with van der Waals surface area (Å²) in [6, 6.07) is 0. The zero-order chi connectivity index (χ0) is 12.6. The van der Waals surface area contributed by atoms with Crippen LogP contribution >= 0.6 is 0 Å². The van der Waals surface area contributed by atoms with Crippen molar-refractivity contribution in [1.82, 2.24) is 0 Å². The van der Waals surface area contributed by atoms with E-state index in [0.717, 1.165) is 6.08 Å². The van der Waals surface area contributed by atoms with E-state index in [9.17, 15) is 14.4 Å². The number of hydrogen-bond donors (Lipinski definition) is 5. The Morgan fingerprint density at radius 1 is 1.07 bits per heavy atom. The Balaban J connectivity index is 0. The zero-order valence-electron chi connectivity index (χ0n) is 7.66. The Labute approximate surface area is 84.8 Å². The second-order valence-corrected chi connectivity index (χ2v) is 2.24. The van der Waals surface area contributed by atoms with Gasteiger partial charge in [-0.25, -0.2) is 4.79 Å². The van der Waals surface area contributed by atoms with E-state index >= 15 is 0 Å². The molecule has 2 atom stereocenters. The Bertz CT molecular complexity index is 246. The van der Waals surface area contributed by atoms with Gasteiger partial charge in [0.05, 0.1) is 0 Å². The molecule has 2 amide bonds. The number of carbonyl (C=O) groups is 3. The summed E-state index contributed by atoms with van der Waals surface area (Å²) in [5, 5.41) is 24.7.